The Kier molecular flexibility index (Phi) is 9.09. The second-order valence-electron chi connectivity index (χ2n) is 7.33. The van der Waals surface area contributed by atoms with Crippen LogP contribution >= 0.6 is 23.4 Å². The number of thioether (sulfide) groups is 1. The quantitative estimate of drug-likeness (QED) is 0.391. The van der Waals surface area contributed by atoms with E-state index in [-0.39, 0.29) is 28.7 Å². The molecule has 1 rings (SSSR count). The molecule has 0 fully saturated rings. The second kappa shape index (κ2) is 10.3. The molecule has 0 aliphatic heterocycles. The maximum absolute atomic E-state index is 14.3. The molecule has 0 aliphatic rings. The number of hydrogen-bond acceptors (Lipinski definition) is 4. The molecule has 1 unspecified atom stereocenters. The van der Waals surface area contributed by atoms with E-state index in [1.54, 1.807) is 27.7 Å². The lowest BCUT2D eigenvalue weighted by Gasteiger charge is -2.22. The number of carbonyl (C=O) groups is 2. The van der Waals surface area contributed by atoms with Crippen molar-refractivity contribution in [3.63, 3.8) is 0 Å². The minimum Gasteiger partial charge on any atom is -0.462 e. The van der Waals surface area contributed by atoms with Gasteiger partial charge in [0.1, 0.15) is 11.1 Å². The third-order valence-electron chi connectivity index (χ3n) is 4.20. The molecule has 1 aromatic rings. The van der Waals surface area contributed by atoms with Crippen LogP contribution in [0.2, 0.25) is 5.02 Å². The maximum Gasteiger partial charge on any atom is 0.319 e. The van der Waals surface area contributed by atoms with Crippen LogP contribution in [0.5, 0.6) is 0 Å². The number of amides is 1. The highest BCUT2D eigenvalue weighted by Crippen LogP contribution is 2.37. The number of carbonyl (C=O) groups excluding carboxylic acids is 2. The molecule has 4 nitrogen and oxygen atoms in total. The van der Waals surface area contributed by atoms with Crippen LogP contribution < -0.4 is 5.32 Å². The summed E-state index contributed by atoms with van der Waals surface area (Å²) in [5, 5.41) is 2.38. The molecule has 1 aromatic carbocycles. The zero-order valence-electron chi connectivity index (χ0n) is 16.8. The fraction of sp³-hybridized carbons (Fsp3) is 0.600. The number of esters is 1. The first-order valence-electron chi connectivity index (χ1n) is 9.19. The van der Waals surface area contributed by atoms with E-state index in [4.69, 9.17) is 16.3 Å². The summed E-state index contributed by atoms with van der Waals surface area (Å²) in [6.45, 7) is 11.0. The minimum atomic E-state index is -0.620. The van der Waals surface area contributed by atoms with Crippen molar-refractivity contribution in [3.05, 3.63) is 23.0 Å². The second-order valence-corrected chi connectivity index (χ2v) is 8.99. The lowest BCUT2D eigenvalue weighted by Crippen LogP contribution is -2.30. The number of hydrogen-bond donors (Lipinski definition) is 1. The summed E-state index contributed by atoms with van der Waals surface area (Å²) in [7, 11) is 0. The Labute approximate surface area is 170 Å². The molecule has 0 radical (unpaired) electrons. The molecule has 1 amide bonds. The van der Waals surface area contributed by atoms with Crippen LogP contribution in [-0.4, -0.2) is 23.2 Å². The van der Waals surface area contributed by atoms with E-state index < -0.39 is 16.5 Å². The largest absolute Gasteiger partial charge is 0.462 e. The van der Waals surface area contributed by atoms with Crippen molar-refractivity contribution in [3.8, 4) is 0 Å². The van der Waals surface area contributed by atoms with Crippen molar-refractivity contribution in [1.82, 2.24) is 0 Å². The Balaban J connectivity index is 3.10. The third kappa shape index (κ3) is 7.00. The van der Waals surface area contributed by atoms with E-state index in [2.05, 4.69) is 5.32 Å². The Morgan fingerprint density at radius 2 is 1.93 bits per heavy atom. The molecular weight excluding hydrogens is 389 g/mol. The van der Waals surface area contributed by atoms with Crippen LogP contribution in [0, 0.1) is 11.2 Å². The zero-order chi connectivity index (χ0) is 20.8. The predicted octanol–water partition coefficient (Wildman–Crippen LogP) is 6.07. The van der Waals surface area contributed by atoms with Crippen LogP contribution in [0.3, 0.4) is 0 Å². The Morgan fingerprint density at radius 3 is 2.44 bits per heavy atom. The topological polar surface area (TPSA) is 55.4 Å². The van der Waals surface area contributed by atoms with E-state index in [0.29, 0.717) is 17.7 Å². The summed E-state index contributed by atoms with van der Waals surface area (Å²) >= 11 is 7.41. The number of ether oxygens (including phenoxy) is 1. The first-order chi connectivity index (χ1) is 12.5. The summed E-state index contributed by atoms with van der Waals surface area (Å²) in [6, 6.07) is 2.65. The highest BCUT2D eigenvalue weighted by molar-refractivity contribution is 8.00. The molecule has 152 valence electrons. The van der Waals surface area contributed by atoms with Gasteiger partial charge in [-0.25, -0.2) is 4.39 Å². The SMILES string of the molecule is CCCC(Sc1cc(NC(=O)C(C)(C)CC)c(F)cc1Cl)C(=O)OC(C)C. The monoisotopic (exact) mass is 417 g/mol. The number of anilines is 1. The molecule has 0 spiro atoms. The average Bonchev–Trinajstić information content (AvgIpc) is 2.57. The van der Waals surface area contributed by atoms with Crippen molar-refractivity contribution in [2.75, 3.05) is 5.32 Å². The molecule has 0 heterocycles. The van der Waals surface area contributed by atoms with Gasteiger partial charge in [-0.15, -0.1) is 11.8 Å². The standard InChI is InChI=1S/C20H29ClFNO3S/c1-7-9-16(18(24)26-12(3)4)27-17-11-15(14(22)10-13(17)21)23-19(25)20(5,6)8-2/h10-12,16H,7-9H2,1-6H3,(H,23,25). The molecule has 27 heavy (non-hydrogen) atoms. The summed E-state index contributed by atoms with van der Waals surface area (Å²) in [6.07, 6.45) is 1.80. The summed E-state index contributed by atoms with van der Waals surface area (Å²) < 4.78 is 19.6. The smallest absolute Gasteiger partial charge is 0.319 e. The molecule has 0 saturated carbocycles. The Bertz CT molecular complexity index is 679. The van der Waals surface area contributed by atoms with Gasteiger partial charge in [-0.05, 0) is 38.8 Å². The lowest BCUT2D eigenvalue weighted by atomic mass is 9.89. The van der Waals surface area contributed by atoms with Crippen molar-refractivity contribution in [2.24, 2.45) is 5.41 Å². The van der Waals surface area contributed by atoms with E-state index in [9.17, 15) is 14.0 Å². The predicted molar refractivity (Wildman–Crippen MR) is 110 cm³/mol. The van der Waals surface area contributed by atoms with E-state index >= 15 is 0 Å². The van der Waals surface area contributed by atoms with Gasteiger partial charge in [0.05, 0.1) is 16.8 Å². The van der Waals surface area contributed by atoms with Gasteiger partial charge in [0.25, 0.3) is 0 Å². The fourth-order valence-electron chi connectivity index (χ4n) is 2.12. The van der Waals surface area contributed by atoms with Gasteiger partial charge in [0, 0.05) is 10.3 Å². The Morgan fingerprint density at radius 1 is 1.30 bits per heavy atom. The van der Waals surface area contributed by atoms with Gasteiger partial charge in [-0.1, -0.05) is 45.7 Å². The van der Waals surface area contributed by atoms with E-state index in [1.165, 1.54) is 17.8 Å². The van der Waals surface area contributed by atoms with Gasteiger partial charge in [-0.2, -0.15) is 0 Å². The number of nitrogens with one attached hydrogen (secondary N) is 1. The minimum absolute atomic E-state index is 0.0564. The van der Waals surface area contributed by atoms with Gasteiger partial charge in [-0.3, -0.25) is 9.59 Å². The number of halogens is 2. The van der Waals surface area contributed by atoms with Crippen molar-refractivity contribution in [1.29, 1.82) is 0 Å². The summed E-state index contributed by atoms with van der Waals surface area (Å²) in [5.41, 5.74) is -0.563. The molecule has 1 atom stereocenters. The third-order valence-corrected chi connectivity index (χ3v) is 5.93. The fourth-order valence-corrected chi connectivity index (χ4v) is 3.57. The van der Waals surface area contributed by atoms with Crippen molar-refractivity contribution < 1.29 is 18.7 Å². The molecule has 0 saturated heterocycles. The maximum atomic E-state index is 14.3. The van der Waals surface area contributed by atoms with E-state index in [1.807, 2.05) is 13.8 Å². The van der Waals surface area contributed by atoms with Crippen LogP contribution in [0.1, 0.15) is 60.8 Å². The normalized spacial score (nSPS) is 12.8. The van der Waals surface area contributed by atoms with Crippen LogP contribution in [0.25, 0.3) is 0 Å². The van der Waals surface area contributed by atoms with Crippen LogP contribution in [0.15, 0.2) is 17.0 Å². The van der Waals surface area contributed by atoms with E-state index in [0.717, 1.165) is 12.5 Å². The van der Waals surface area contributed by atoms with Crippen LogP contribution in [-0.2, 0) is 14.3 Å². The molecule has 0 bridgehead atoms. The summed E-state index contributed by atoms with van der Waals surface area (Å²) in [5.74, 6) is -1.21. The molecule has 0 aliphatic carbocycles. The number of benzene rings is 1. The Hall–Kier alpha value is -1.27. The van der Waals surface area contributed by atoms with Crippen molar-refractivity contribution in [2.45, 2.75) is 77.1 Å². The average molecular weight is 418 g/mol. The van der Waals surface area contributed by atoms with Crippen LogP contribution in [0.4, 0.5) is 10.1 Å². The highest BCUT2D eigenvalue weighted by atomic mass is 35.5. The highest BCUT2D eigenvalue weighted by Gasteiger charge is 2.27. The first kappa shape index (κ1) is 23.8. The molecular formula is C20H29ClFNO3S. The molecule has 0 aromatic heterocycles. The zero-order valence-corrected chi connectivity index (χ0v) is 18.4. The van der Waals surface area contributed by atoms with Gasteiger partial charge in [0.15, 0.2) is 0 Å². The number of rotatable bonds is 9. The van der Waals surface area contributed by atoms with Gasteiger partial charge in [0.2, 0.25) is 5.91 Å². The summed E-state index contributed by atoms with van der Waals surface area (Å²) in [4.78, 5) is 25.2. The van der Waals surface area contributed by atoms with Crippen molar-refractivity contribution >= 4 is 40.9 Å². The first-order valence-corrected chi connectivity index (χ1v) is 10.4. The van der Waals surface area contributed by atoms with Gasteiger partial charge >= 0.3 is 5.97 Å². The molecule has 1 N–H and O–H groups in total. The molecule has 7 heteroatoms. The van der Waals surface area contributed by atoms with Gasteiger partial charge < -0.3 is 10.1 Å². The lowest BCUT2D eigenvalue weighted by molar-refractivity contribution is -0.146.